The van der Waals surface area contributed by atoms with Crippen molar-refractivity contribution in [3.05, 3.63) is 23.5 Å². The van der Waals surface area contributed by atoms with Crippen LogP contribution < -0.4 is 9.47 Å². The first-order valence-corrected chi connectivity index (χ1v) is 6.38. The number of ether oxygens (including phenoxy) is 2. The Balaban J connectivity index is 2.77. The lowest BCUT2D eigenvalue weighted by Gasteiger charge is -2.08. The Morgan fingerprint density at radius 3 is 2.50 bits per heavy atom. The van der Waals surface area contributed by atoms with Gasteiger partial charge in [-0.05, 0) is 12.3 Å². The fourth-order valence-electron chi connectivity index (χ4n) is 2.28. The Labute approximate surface area is 117 Å². The molecular weight excluding hydrogens is 260 g/mol. The molecule has 0 aliphatic rings. The summed E-state index contributed by atoms with van der Waals surface area (Å²) in [5.74, 6) is 0.334. The second-order valence-corrected chi connectivity index (χ2v) is 5.02. The lowest BCUT2D eigenvalue weighted by atomic mass is 9.99. The van der Waals surface area contributed by atoms with Crippen molar-refractivity contribution in [2.75, 3.05) is 14.2 Å². The van der Waals surface area contributed by atoms with Crippen molar-refractivity contribution in [1.29, 1.82) is 0 Å². The van der Waals surface area contributed by atoms with Gasteiger partial charge >= 0.3 is 5.97 Å². The van der Waals surface area contributed by atoms with Gasteiger partial charge in [0.25, 0.3) is 0 Å². The first-order chi connectivity index (χ1) is 9.47. The molecule has 0 fully saturated rings. The lowest BCUT2D eigenvalue weighted by molar-refractivity contribution is 0.0663. The van der Waals surface area contributed by atoms with Crippen molar-refractivity contribution in [3.63, 3.8) is 0 Å². The van der Waals surface area contributed by atoms with Crippen LogP contribution in [-0.2, 0) is 6.42 Å². The Hall–Kier alpha value is -2.17. The normalized spacial score (nSPS) is 11.1. The van der Waals surface area contributed by atoms with Gasteiger partial charge in [0, 0.05) is 17.7 Å². The zero-order valence-corrected chi connectivity index (χ0v) is 12.0. The third-order valence-electron chi connectivity index (χ3n) is 3.09. The number of furan rings is 1. The second-order valence-electron chi connectivity index (χ2n) is 5.02. The van der Waals surface area contributed by atoms with Gasteiger partial charge in [0.15, 0.2) is 0 Å². The first kappa shape index (κ1) is 14.2. The molecular formula is C15H18O5. The summed E-state index contributed by atoms with van der Waals surface area (Å²) < 4.78 is 16.0. The van der Waals surface area contributed by atoms with Crippen molar-refractivity contribution < 1.29 is 23.8 Å². The molecule has 1 heterocycles. The Morgan fingerprint density at radius 1 is 1.30 bits per heavy atom. The van der Waals surface area contributed by atoms with E-state index in [0.717, 1.165) is 0 Å². The van der Waals surface area contributed by atoms with E-state index in [1.54, 1.807) is 19.2 Å². The molecule has 0 atom stereocenters. The molecule has 5 heteroatoms. The highest BCUT2D eigenvalue weighted by atomic mass is 16.5. The molecule has 1 aromatic carbocycles. The fraction of sp³-hybridized carbons (Fsp3) is 0.400. The van der Waals surface area contributed by atoms with Gasteiger partial charge < -0.3 is 19.0 Å². The molecule has 2 aromatic rings. The molecule has 0 spiro atoms. The highest BCUT2D eigenvalue weighted by molar-refractivity contribution is 5.98. The summed E-state index contributed by atoms with van der Waals surface area (Å²) >= 11 is 0. The number of carboxylic acid groups (broad SMARTS) is 1. The summed E-state index contributed by atoms with van der Waals surface area (Å²) in [6.45, 7) is 4.06. The zero-order valence-electron chi connectivity index (χ0n) is 12.0. The molecule has 0 aliphatic heterocycles. The van der Waals surface area contributed by atoms with E-state index < -0.39 is 5.97 Å². The number of aromatic carboxylic acids is 1. The molecule has 108 valence electrons. The predicted octanol–water partition coefficient (Wildman–Crippen LogP) is 3.35. The van der Waals surface area contributed by atoms with Crippen molar-refractivity contribution in [2.45, 2.75) is 20.3 Å². The second kappa shape index (κ2) is 5.45. The summed E-state index contributed by atoms with van der Waals surface area (Å²) in [6.07, 6.45) is 0.608. The molecule has 0 unspecified atom stereocenters. The highest BCUT2D eigenvalue weighted by Gasteiger charge is 2.24. The van der Waals surface area contributed by atoms with Crippen molar-refractivity contribution >= 4 is 16.9 Å². The number of rotatable bonds is 5. The van der Waals surface area contributed by atoms with Crippen LogP contribution in [0.1, 0.15) is 30.0 Å². The minimum absolute atomic E-state index is 0.0275. The molecule has 5 nitrogen and oxygen atoms in total. The van der Waals surface area contributed by atoms with Crippen LogP contribution in [0.5, 0.6) is 11.5 Å². The van der Waals surface area contributed by atoms with Crippen LogP contribution in [0, 0.1) is 5.92 Å². The summed E-state index contributed by atoms with van der Waals surface area (Å²) in [5.41, 5.74) is 1.14. The number of carboxylic acids is 1. The van der Waals surface area contributed by atoms with Gasteiger partial charge in [0.1, 0.15) is 17.1 Å². The molecule has 0 saturated carbocycles. The zero-order chi connectivity index (χ0) is 14.9. The predicted molar refractivity (Wildman–Crippen MR) is 74.8 cm³/mol. The standard InChI is InChI=1S/C15H18O5/c1-8(2)5-10-13-11(19-4)6-9(18-3)7-12(13)20-14(10)15(16)17/h6-8H,5H2,1-4H3,(H,16,17). The molecule has 0 aliphatic carbocycles. The van der Waals surface area contributed by atoms with Crippen molar-refractivity contribution in [1.82, 2.24) is 0 Å². The van der Waals surface area contributed by atoms with Gasteiger partial charge in [-0.25, -0.2) is 4.79 Å². The number of carbonyl (C=O) groups is 1. The molecule has 2 rings (SSSR count). The molecule has 0 bridgehead atoms. The topological polar surface area (TPSA) is 68.9 Å². The maximum Gasteiger partial charge on any atom is 0.372 e. The van der Waals surface area contributed by atoms with E-state index in [-0.39, 0.29) is 5.76 Å². The Kier molecular flexibility index (Phi) is 3.88. The third kappa shape index (κ3) is 2.43. The van der Waals surface area contributed by atoms with E-state index in [1.807, 2.05) is 13.8 Å². The van der Waals surface area contributed by atoms with Crippen LogP contribution in [0.15, 0.2) is 16.5 Å². The SMILES string of the molecule is COc1cc(OC)c2c(CC(C)C)c(C(=O)O)oc2c1. The molecule has 0 saturated heterocycles. The van der Waals surface area contributed by atoms with Gasteiger partial charge in [0.05, 0.1) is 19.6 Å². The smallest absolute Gasteiger partial charge is 0.372 e. The van der Waals surface area contributed by atoms with E-state index in [4.69, 9.17) is 13.9 Å². The van der Waals surface area contributed by atoms with Crippen molar-refractivity contribution in [2.24, 2.45) is 5.92 Å². The van der Waals surface area contributed by atoms with E-state index in [1.165, 1.54) is 7.11 Å². The van der Waals surface area contributed by atoms with E-state index in [9.17, 15) is 9.90 Å². The number of benzene rings is 1. The highest BCUT2D eigenvalue weighted by Crippen LogP contribution is 2.38. The minimum atomic E-state index is -1.07. The van der Waals surface area contributed by atoms with Crippen LogP contribution >= 0.6 is 0 Å². The quantitative estimate of drug-likeness (QED) is 0.908. The summed E-state index contributed by atoms with van der Waals surface area (Å²) in [5, 5.41) is 10.0. The lowest BCUT2D eigenvalue weighted by Crippen LogP contribution is -2.02. The number of methoxy groups -OCH3 is 2. The largest absolute Gasteiger partial charge is 0.496 e. The Morgan fingerprint density at radius 2 is 2.00 bits per heavy atom. The van der Waals surface area contributed by atoms with Crippen LogP contribution in [0.25, 0.3) is 11.0 Å². The van der Waals surface area contributed by atoms with Crippen LogP contribution in [0.4, 0.5) is 0 Å². The van der Waals surface area contributed by atoms with Crippen LogP contribution in [0.3, 0.4) is 0 Å². The van der Waals surface area contributed by atoms with Crippen LogP contribution in [-0.4, -0.2) is 25.3 Å². The van der Waals surface area contributed by atoms with E-state index >= 15 is 0 Å². The minimum Gasteiger partial charge on any atom is -0.496 e. The van der Waals surface area contributed by atoms with Gasteiger partial charge in [0.2, 0.25) is 5.76 Å². The van der Waals surface area contributed by atoms with E-state index in [0.29, 0.717) is 40.4 Å². The Bertz CT molecular complexity index is 639. The van der Waals surface area contributed by atoms with Gasteiger partial charge in [-0.3, -0.25) is 0 Å². The van der Waals surface area contributed by atoms with Gasteiger partial charge in [-0.2, -0.15) is 0 Å². The molecule has 1 aromatic heterocycles. The average Bonchev–Trinajstić information content (AvgIpc) is 2.75. The number of hydrogen-bond donors (Lipinski definition) is 1. The summed E-state index contributed by atoms with van der Waals surface area (Å²) in [6, 6.07) is 3.40. The molecule has 20 heavy (non-hydrogen) atoms. The van der Waals surface area contributed by atoms with Crippen molar-refractivity contribution in [3.8, 4) is 11.5 Å². The number of hydrogen-bond acceptors (Lipinski definition) is 4. The summed E-state index contributed by atoms with van der Waals surface area (Å²) in [7, 11) is 3.08. The number of fused-ring (bicyclic) bond motifs is 1. The molecule has 0 amide bonds. The fourth-order valence-corrected chi connectivity index (χ4v) is 2.28. The maximum absolute atomic E-state index is 11.4. The average molecular weight is 278 g/mol. The molecule has 0 radical (unpaired) electrons. The van der Waals surface area contributed by atoms with Gasteiger partial charge in [-0.1, -0.05) is 13.8 Å². The first-order valence-electron chi connectivity index (χ1n) is 6.38. The third-order valence-corrected chi connectivity index (χ3v) is 3.09. The van der Waals surface area contributed by atoms with Crippen LogP contribution in [0.2, 0.25) is 0 Å². The maximum atomic E-state index is 11.4. The van der Waals surface area contributed by atoms with E-state index in [2.05, 4.69) is 0 Å². The van der Waals surface area contributed by atoms with Gasteiger partial charge in [-0.15, -0.1) is 0 Å². The molecule has 1 N–H and O–H groups in total. The summed E-state index contributed by atoms with van der Waals surface area (Å²) in [4.78, 5) is 11.4. The monoisotopic (exact) mass is 278 g/mol.